The van der Waals surface area contributed by atoms with Crippen molar-refractivity contribution in [2.45, 2.75) is 6.92 Å². The fraction of sp³-hybridized carbons (Fsp3) is 0.235. The molecule has 0 saturated carbocycles. The van der Waals surface area contributed by atoms with Crippen molar-refractivity contribution in [1.29, 1.82) is 0 Å². The second-order valence-corrected chi connectivity index (χ2v) is 4.96. The quantitative estimate of drug-likeness (QED) is 0.882. The molecule has 0 aliphatic carbocycles. The molecule has 22 heavy (non-hydrogen) atoms. The van der Waals surface area contributed by atoms with Crippen LogP contribution in [-0.4, -0.2) is 27.2 Å². The van der Waals surface area contributed by atoms with Crippen molar-refractivity contribution in [2.75, 3.05) is 31.9 Å². The van der Waals surface area contributed by atoms with Gasteiger partial charge < -0.3 is 20.1 Å². The second-order valence-electron chi connectivity index (χ2n) is 4.96. The van der Waals surface area contributed by atoms with Gasteiger partial charge in [0.25, 0.3) is 5.91 Å². The Balaban J connectivity index is 2.42. The molecule has 2 aromatic carbocycles. The van der Waals surface area contributed by atoms with Crippen LogP contribution in [-0.2, 0) is 0 Å². The van der Waals surface area contributed by atoms with E-state index < -0.39 is 0 Å². The number of anilines is 2. The van der Waals surface area contributed by atoms with Crippen LogP contribution in [0.3, 0.4) is 0 Å². The summed E-state index contributed by atoms with van der Waals surface area (Å²) in [6.07, 6.45) is 0. The number of para-hydroxylation sites is 1. The van der Waals surface area contributed by atoms with Gasteiger partial charge in [0.1, 0.15) is 11.5 Å². The summed E-state index contributed by atoms with van der Waals surface area (Å²) in [5.74, 6) is 0.894. The van der Waals surface area contributed by atoms with Crippen LogP contribution < -0.4 is 20.1 Å². The molecule has 5 nitrogen and oxygen atoms in total. The number of nitrogen functional groups attached to an aromatic ring is 1. The van der Waals surface area contributed by atoms with E-state index in [1.165, 1.54) is 12.0 Å². The molecule has 116 valence electrons. The van der Waals surface area contributed by atoms with Gasteiger partial charge in [0.15, 0.2) is 0 Å². The summed E-state index contributed by atoms with van der Waals surface area (Å²) in [5, 5.41) is 0. The summed E-state index contributed by atoms with van der Waals surface area (Å²) < 4.78 is 10.5. The number of hydrogen-bond donors (Lipinski definition) is 1. The number of ether oxygens (including phenoxy) is 2. The molecule has 0 heterocycles. The minimum atomic E-state index is -0.224. The monoisotopic (exact) mass is 300 g/mol. The zero-order valence-electron chi connectivity index (χ0n) is 13.2. The van der Waals surface area contributed by atoms with Gasteiger partial charge in [-0.3, -0.25) is 4.79 Å². The lowest BCUT2D eigenvalue weighted by Crippen LogP contribution is -2.27. The van der Waals surface area contributed by atoms with Gasteiger partial charge in [-0.1, -0.05) is 12.1 Å². The van der Waals surface area contributed by atoms with Crippen molar-refractivity contribution in [3.63, 3.8) is 0 Å². The third kappa shape index (κ3) is 2.83. The minimum Gasteiger partial charge on any atom is -0.495 e. The Labute approximate surface area is 130 Å². The number of hydrogen-bond acceptors (Lipinski definition) is 4. The third-order valence-electron chi connectivity index (χ3n) is 3.52. The van der Waals surface area contributed by atoms with Crippen molar-refractivity contribution < 1.29 is 14.3 Å². The molecule has 0 atom stereocenters. The Morgan fingerprint density at radius 2 is 1.77 bits per heavy atom. The Morgan fingerprint density at radius 1 is 1.09 bits per heavy atom. The summed E-state index contributed by atoms with van der Waals surface area (Å²) >= 11 is 0. The highest BCUT2D eigenvalue weighted by Crippen LogP contribution is 2.31. The average molecular weight is 300 g/mol. The number of carbonyl (C=O) groups excluding carboxylic acids is 1. The first-order chi connectivity index (χ1) is 10.5. The van der Waals surface area contributed by atoms with Crippen molar-refractivity contribution in [3.05, 3.63) is 47.5 Å². The maximum atomic E-state index is 12.7. The molecule has 5 heteroatoms. The van der Waals surface area contributed by atoms with Crippen LogP contribution in [0.2, 0.25) is 0 Å². The molecule has 0 bridgehead atoms. The Kier molecular flexibility index (Phi) is 4.56. The normalized spacial score (nSPS) is 10.2. The predicted octanol–water partition coefficient (Wildman–Crippen LogP) is 2.87. The number of amides is 1. The number of carbonyl (C=O) groups is 1. The van der Waals surface area contributed by atoms with Crippen LogP contribution in [0.1, 0.15) is 15.9 Å². The van der Waals surface area contributed by atoms with Crippen LogP contribution in [0, 0.1) is 6.92 Å². The molecule has 2 aromatic rings. The van der Waals surface area contributed by atoms with Gasteiger partial charge in [-0.05, 0) is 36.8 Å². The number of aryl methyl sites for hydroxylation is 1. The van der Waals surface area contributed by atoms with Crippen molar-refractivity contribution in [3.8, 4) is 11.5 Å². The van der Waals surface area contributed by atoms with E-state index in [9.17, 15) is 4.79 Å². The number of nitrogens with zero attached hydrogens (tertiary/aromatic N) is 1. The Bertz CT molecular complexity index is 698. The van der Waals surface area contributed by atoms with Gasteiger partial charge in [0, 0.05) is 7.05 Å². The molecule has 0 aromatic heterocycles. The van der Waals surface area contributed by atoms with Gasteiger partial charge >= 0.3 is 0 Å². The average Bonchev–Trinajstić information content (AvgIpc) is 2.53. The van der Waals surface area contributed by atoms with Crippen LogP contribution >= 0.6 is 0 Å². The topological polar surface area (TPSA) is 64.8 Å². The Hall–Kier alpha value is -2.69. The summed E-state index contributed by atoms with van der Waals surface area (Å²) in [4.78, 5) is 14.2. The highest BCUT2D eigenvalue weighted by molar-refractivity contribution is 6.10. The number of nitrogens with two attached hydrogens (primary N) is 1. The van der Waals surface area contributed by atoms with Crippen molar-refractivity contribution in [1.82, 2.24) is 0 Å². The molecule has 2 rings (SSSR count). The number of methoxy groups -OCH3 is 2. The lowest BCUT2D eigenvalue weighted by atomic mass is 10.1. The standard InChI is InChI=1S/C17H20N2O3/c1-11-8-9-13(15(10-11)22-4)19(2)17(20)12-6-5-7-14(21-3)16(12)18/h5-10H,18H2,1-4H3. The highest BCUT2D eigenvalue weighted by atomic mass is 16.5. The first-order valence-corrected chi connectivity index (χ1v) is 6.84. The van der Waals surface area contributed by atoms with Crippen molar-refractivity contribution in [2.24, 2.45) is 0 Å². The van der Waals surface area contributed by atoms with E-state index in [4.69, 9.17) is 15.2 Å². The maximum Gasteiger partial charge on any atom is 0.260 e. The molecule has 0 aliphatic rings. The molecule has 0 radical (unpaired) electrons. The van der Waals surface area contributed by atoms with E-state index >= 15 is 0 Å². The summed E-state index contributed by atoms with van der Waals surface area (Å²) in [7, 11) is 4.79. The van der Waals surface area contributed by atoms with E-state index in [1.54, 1.807) is 32.4 Å². The maximum absolute atomic E-state index is 12.7. The lowest BCUT2D eigenvalue weighted by Gasteiger charge is -2.21. The zero-order chi connectivity index (χ0) is 16.3. The van der Waals surface area contributed by atoms with Gasteiger partial charge in [0.2, 0.25) is 0 Å². The van der Waals surface area contributed by atoms with Gasteiger partial charge in [-0.25, -0.2) is 0 Å². The van der Waals surface area contributed by atoms with Crippen molar-refractivity contribution >= 4 is 17.3 Å². The third-order valence-corrected chi connectivity index (χ3v) is 3.52. The molecule has 0 unspecified atom stereocenters. The molecular formula is C17H20N2O3. The van der Waals surface area contributed by atoms with Crippen LogP contribution in [0.25, 0.3) is 0 Å². The van der Waals surface area contributed by atoms with E-state index in [0.717, 1.165) is 5.56 Å². The van der Waals surface area contributed by atoms with Gasteiger partial charge in [-0.15, -0.1) is 0 Å². The van der Waals surface area contributed by atoms with Gasteiger partial charge in [0.05, 0.1) is 31.2 Å². The van der Waals surface area contributed by atoms with E-state index in [1.807, 2.05) is 25.1 Å². The highest BCUT2D eigenvalue weighted by Gasteiger charge is 2.20. The molecule has 1 amide bonds. The largest absolute Gasteiger partial charge is 0.495 e. The summed E-state index contributed by atoms with van der Waals surface area (Å²) in [6, 6.07) is 10.8. The van der Waals surface area contributed by atoms with E-state index in [-0.39, 0.29) is 5.91 Å². The van der Waals surface area contributed by atoms with Crippen LogP contribution in [0.4, 0.5) is 11.4 Å². The molecule has 0 aliphatic heterocycles. The second kappa shape index (κ2) is 6.39. The zero-order valence-corrected chi connectivity index (χ0v) is 13.2. The van der Waals surface area contributed by atoms with Crippen LogP contribution in [0.5, 0.6) is 11.5 Å². The smallest absolute Gasteiger partial charge is 0.260 e. The van der Waals surface area contributed by atoms with E-state index in [0.29, 0.717) is 28.4 Å². The number of benzene rings is 2. The summed E-state index contributed by atoms with van der Waals surface area (Å²) in [5.41, 5.74) is 8.46. The van der Waals surface area contributed by atoms with Gasteiger partial charge in [-0.2, -0.15) is 0 Å². The summed E-state index contributed by atoms with van der Waals surface area (Å²) in [6.45, 7) is 1.97. The molecule has 0 fully saturated rings. The molecule has 0 saturated heterocycles. The molecular weight excluding hydrogens is 280 g/mol. The van der Waals surface area contributed by atoms with E-state index in [2.05, 4.69) is 0 Å². The Morgan fingerprint density at radius 3 is 2.41 bits per heavy atom. The first-order valence-electron chi connectivity index (χ1n) is 6.84. The van der Waals surface area contributed by atoms with Crippen LogP contribution in [0.15, 0.2) is 36.4 Å². The first kappa shape index (κ1) is 15.7. The number of rotatable bonds is 4. The predicted molar refractivity (Wildman–Crippen MR) is 87.9 cm³/mol. The molecule has 0 spiro atoms. The molecule has 2 N–H and O–H groups in total. The SMILES string of the molecule is COc1cc(C)ccc1N(C)C(=O)c1cccc(OC)c1N. The fourth-order valence-corrected chi connectivity index (χ4v) is 2.26. The lowest BCUT2D eigenvalue weighted by molar-refractivity contribution is 0.0993. The fourth-order valence-electron chi connectivity index (χ4n) is 2.26. The minimum absolute atomic E-state index is 0.224.